The molecule has 0 fully saturated rings. The SMILES string of the molecule is CCCC(CC(=O)O)NS(=O)(=O)c1cncc(F)c1. The molecule has 0 spiro atoms. The topological polar surface area (TPSA) is 96.4 Å². The number of carboxylic acid groups (broad SMARTS) is 1. The van der Waals surface area contributed by atoms with Crippen LogP contribution < -0.4 is 4.72 Å². The number of halogens is 1. The summed E-state index contributed by atoms with van der Waals surface area (Å²) < 4.78 is 39.1. The number of hydrogen-bond acceptors (Lipinski definition) is 4. The molecule has 0 radical (unpaired) electrons. The molecule has 2 N–H and O–H groups in total. The summed E-state index contributed by atoms with van der Waals surface area (Å²) in [6.45, 7) is 1.81. The van der Waals surface area contributed by atoms with E-state index in [4.69, 9.17) is 5.11 Å². The van der Waals surface area contributed by atoms with Crippen LogP contribution in [-0.2, 0) is 14.8 Å². The maximum Gasteiger partial charge on any atom is 0.304 e. The molecule has 8 heteroatoms. The van der Waals surface area contributed by atoms with E-state index < -0.39 is 27.9 Å². The van der Waals surface area contributed by atoms with Crippen molar-refractivity contribution in [2.24, 2.45) is 0 Å². The number of sulfonamides is 1. The molecule has 19 heavy (non-hydrogen) atoms. The molecule has 0 aliphatic heterocycles. The van der Waals surface area contributed by atoms with E-state index in [9.17, 15) is 17.6 Å². The van der Waals surface area contributed by atoms with Gasteiger partial charge in [0.25, 0.3) is 0 Å². The van der Waals surface area contributed by atoms with Gasteiger partial charge in [0.15, 0.2) is 0 Å². The van der Waals surface area contributed by atoms with Gasteiger partial charge in [-0.15, -0.1) is 0 Å². The van der Waals surface area contributed by atoms with Crippen molar-refractivity contribution < 1.29 is 22.7 Å². The van der Waals surface area contributed by atoms with Crippen LogP contribution in [0, 0.1) is 5.82 Å². The zero-order valence-electron chi connectivity index (χ0n) is 10.3. The molecule has 0 aromatic carbocycles. The Morgan fingerprint density at radius 1 is 1.53 bits per heavy atom. The lowest BCUT2D eigenvalue weighted by Gasteiger charge is -2.16. The van der Waals surface area contributed by atoms with E-state index in [0.29, 0.717) is 12.8 Å². The second-order valence-corrected chi connectivity index (χ2v) is 5.76. The van der Waals surface area contributed by atoms with Gasteiger partial charge in [-0.05, 0) is 12.5 Å². The summed E-state index contributed by atoms with van der Waals surface area (Å²) >= 11 is 0. The van der Waals surface area contributed by atoms with Crippen molar-refractivity contribution in [1.82, 2.24) is 9.71 Å². The number of rotatable bonds is 7. The van der Waals surface area contributed by atoms with Gasteiger partial charge in [0.1, 0.15) is 10.7 Å². The third-order valence-corrected chi connectivity index (χ3v) is 3.86. The summed E-state index contributed by atoms with van der Waals surface area (Å²) in [6, 6.07) is 0.106. The second-order valence-electron chi connectivity index (χ2n) is 4.04. The van der Waals surface area contributed by atoms with Gasteiger partial charge in [-0.1, -0.05) is 13.3 Å². The molecule has 0 amide bonds. The van der Waals surface area contributed by atoms with Crippen LogP contribution in [0.2, 0.25) is 0 Å². The van der Waals surface area contributed by atoms with E-state index >= 15 is 0 Å². The highest BCUT2D eigenvalue weighted by Gasteiger charge is 2.22. The highest BCUT2D eigenvalue weighted by Crippen LogP contribution is 2.12. The van der Waals surface area contributed by atoms with Crippen molar-refractivity contribution in [1.29, 1.82) is 0 Å². The molecule has 1 atom stereocenters. The standard InChI is InChI=1S/C11H15FN2O4S/c1-2-3-9(5-11(15)16)14-19(17,18)10-4-8(12)6-13-7-10/h4,6-7,9,14H,2-3,5H2,1H3,(H,15,16). The highest BCUT2D eigenvalue weighted by molar-refractivity contribution is 7.89. The molecule has 1 aromatic heterocycles. The maximum atomic E-state index is 12.9. The van der Waals surface area contributed by atoms with Crippen LogP contribution in [0.1, 0.15) is 26.2 Å². The van der Waals surface area contributed by atoms with E-state index in [1.807, 2.05) is 6.92 Å². The number of pyridine rings is 1. The average molecular weight is 290 g/mol. The van der Waals surface area contributed by atoms with Crippen LogP contribution in [0.5, 0.6) is 0 Å². The molecule has 0 saturated carbocycles. The minimum Gasteiger partial charge on any atom is -0.481 e. The largest absolute Gasteiger partial charge is 0.481 e. The summed E-state index contributed by atoms with van der Waals surface area (Å²) in [5, 5.41) is 8.71. The Kier molecular flexibility index (Phi) is 5.37. The van der Waals surface area contributed by atoms with Gasteiger partial charge in [-0.3, -0.25) is 9.78 Å². The molecule has 1 rings (SSSR count). The zero-order chi connectivity index (χ0) is 14.5. The molecule has 1 unspecified atom stereocenters. The predicted octanol–water partition coefficient (Wildman–Crippen LogP) is 1.14. The number of nitrogens with zero attached hydrogens (tertiary/aromatic N) is 1. The first kappa shape index (κ1) is 15.5. The number of aliphatic carboxylic acids is 1. The van der Waals surface area contributed by atoms with Gasteiger partial charge in [-0.2, -0.15) is 0 Å². The molecular weight excluding hydrogens is 275 g/mol. The fourth-order valence-electron chi connectivity index (χ4n) is 1.59. The summed E-state index contributed by atoms with van der Waals surface area (Å²) in [5.74, 6) is -1.87. The number of hydrogen-bond donors (Lipinski definition) is 2. The maximum absolute atomic E-state index is 12.9. The Morgan fingerprint density at radius 3 is 2.74 bits per heavy atom. The number of aromatic nitrogens is 1. The highest BCUT2D eigenvalue weighted by atomic mass is 32.2. The van der Waals surface area contributed by atoms with Gasteiger partial charge in [-0.25, -0.2) is 17.5 Å². The van der Waals surface area contributed by atoms with E-state index in [-0.39, 0.29) is 11.3 Å². The lowest BCUT2D eigenvalue weighted by Crippen LogP contribution is -2.36. The Labute approximate surface area is 110 Å². The lowest BCUT2D eigenvalue weighted by molar-refractivity contribution is -0.137. The van der Waals surface area contributed by atoms with Crippen molar-refractivity contribution in [3.05, 3.63) is 24.3 Å². The van der Waals surface area contributed by atoms with E-state index in [2.05, 4.69) is 9.71 Å². The van der Waals surface area contributed by atoms with Crippen molar-refractivity contribution in [3.63, 3.8) is 0 Å². The lowest BCUT2D eigenvalue weighted by atomic mass is 10.1. The van der Waals surface area contributed by atoms with E-state index in [1.165, 1.54) is 0 Å². The van der Waals surface area contributed by atoms with Gasteiger partial charge < -0.3 is 5.11 Å². The fourth-order valence-corrected chi connectivity index (χ4v) is 2.83. The molecule has 0 aliphatic carbocycles. The summed E-state index contributed by atoms with van der Waals surface area (Å²) in [6.07, 6.45) is 2.58. The van der Waals surface area contributed by atoms with E-state index in [1.54, 1.807) is 0 Å². The quantitative estimate of drug-likeness (QED) is 0.785. The average Bonchev–Trinajstić information content (AvgIpc) is 2.27. The predicted molar refractivity (Wildman–Crippen MR) is 65.5 cm³/mol. The Balaban J connectivity index is 2.90. The first-order chi connectivity index (χ1) is 8.85. The third kappa shape index (κ3) is 4.92. The normalized spacial score (nSPS) is 13.2. The smallest absolute Gasteiger partial charge is 0.304 e. The Bertz CT molecular complexity index is 547. The summed E-state index contributed by atoms with van der Waals surface area (Å²) in [7, 11) is -3.97. The van der Waals surface area contributed by atoms with E-state index in [0.717, 1.165) is 18.5 Å². The molecular formula is C11H15FN2O4S. The van der Waals surface area contributed by atoms with Crippen LogP contribution in [0.25, 0.3) is 0 Å². The molecule has 106 valence electrons. The fraction of sp³-hybridized carbons (Fsp3) is 0.455. The minimum atomic E-state index is -3.97. The molecule has 0 saturated heterocycles. The third-order valence-electron chi connectivity index (χ3n) is 2.37. The molecule has 1 heterocycles. The summed E-state index contributed by atoms with van der Waals surface area (Å²) in [5.41, 5.74) is 0. The molecule has 0 aliphatic rings. The first-order valence-corrected chi connectivity index (χ1v) is 7.18. The van der Waals surface area contributed by atoms with Crippen LogP contribution in [0.15, 0.2) is 23.4 Å². The van der Waals surface area contributed by atoms with Crippen molar-refractivity contribution in [3.8, 4) is 0 Å². The van der Waals surface area contributed by atoms with Crippen LogP contribution in [0.4, 0.5) is 4.39 Å². The van der Waals surface area contributed by atoms with Crippen LogP contribution in [-0.4, -0.2) is 30.5 Å². The van der Waals surface area contributed by atoms with Crippen molar-refractivity contribution >= 4 is 16.0 Å². The number of nitrogens with one attached hydrogen (secondary N) is 1. The van der Waals surface area contributed by atoms with Gasteiger partial charge in [0.2, 0.25) is 10.0 Å². The number of carboxylic acids is 1. The molecule has 6 nitrogen and oxygen atoms in total. The van der Waals surface area contributed by atoms with Gasteiger partial charge in [0, 0.05) is 12.2 Å². The minimum absolute atomic E-state index is 0.320. The Hall–Kier alpha value is -1.54. The second kappa shape index (κ2) is 6.58. The first-order valence-electron chi connectivity index (χ1n) is 5.70. The van der Waals surface area contributed by atoms with Crippen molar-refractivity contribution in [2.75, 3.05) is 0 Å². The zero-order valence-corrected chi connectivity index (χ0v) is 11.2. The van der Waals surface area contributed by atoms with Crippen LogP contribution >= 0.6 is 0 Å². The summed E-state index contributed by atoms with van der Waals surface area (Å²) in [4.78, 5) is 13.8. The van der Waals surface area contributed by atoms with Gasteiger partial charge in [0.05, 0.1) is 12.6 Å². The molecule has 0 bridgehead atoms. The van der Waals surface area contributed by atoms with Crippen molar-refractivity contribution in [2.45, 2.75) is 37.1 Å². The Morgan fingerprint density at radius 2 is 2.21 bits per heavy atom. The molecule has 1 aromatic rings. The van der Waals surface area contributed by atoms with Crippen LogP contribution in [0.3, 0.4) is 0 Å². The van der Waals surface area contributed by atoms with Gasteiger partial charge >= 0.3 is 5.97 Å². The number of carbonyl (C=O) groups is 1. The monoisotopic (exact) mass is 290 g/mol.